The first-order chi connectivity index (χ1) is 15.0. The molecular formula is C28H48O3. The van der Waals surface area contributed by atoms with Gasteiger partial charge >= 0.3 is 5.97 Å². The Bertz CT molecular complexity index is 532. The van der Waals surface area contributed by atoms with Gasteiger partial charge in [0.25, 0.3) is 0 Å². The van der Waals surface area contributed by atoms with Gasteiger partial charge in [0.05, 0.1) is 6.10 Å². The fourth-order valence-electron chi connectivity index (χ4n) is 4.37. The van der Waals surface area contributed by atoms with Crippen LogP contribution in [0.1, 0.15) is 124 Å². The highest BCUT2D eigenvalue weighted by Gasteiger charge is 2.28. The number of carbonyl (C=O) groups is 2. The van der Waals surface area contributed by atoms with Crippen LogP contribution >= 0.6 is 0 Å². The van der Waals surface area contributed by atoms with Crippen LogP contribution in [0.15, 0.2) is 24.3 Å². The zero-order valence-corrected chi connectivity index (χ0v) is 20.6. The number of allylic oxidation sites excluding steroid dienone is 4. The number of ether oxygens (including phenoxy) is 1. The predicted octanol–water partition coefficient (Wildman–Crippen LogP) is 8.13. The van der Waals surface area contributed by atoms with E-state index in [0.717, 1.165) is 25.7 Å². The third-order valence-corrected chi connectivity index (χ3v) is 6.21. The van der Waals surface area contributed by atoms with Crippen molar-refractivity contribution >= 4 is 11.8 Å². The molecule has 0 fully saturated rings. The largest absolute Gasteiger partial charge is 0.463 e. The Kier molecular flexibility index (Phi) is 16.3. The van der Waals surface area contributed by atoms with Crippen LogP contribution in [-0.4, -0.2) is 17.9 Å². The van der Waals surface area contributed by atoms with E-state index < -0.39 is 0 Å². The molecule has 1 aliphatic rings. The van der Waals surface area contributed by atoms with Crippen LogP contribution < -0.4 is 0 Å². The third-order valence-electron chi connectivity index (χ3n) is 6.21. The Hall–Kier alpha value is -1.38. The summed E-state index contributed by atoms with van der Waals surface area (Å²) in [6, 6.07) is 0. The van der Waals surface area contributed by atoms with E-state index in [4.69, 9.17) is 4.74 Å². The quantitative estimate of drug-likeness (QED) is 0.117. The summed E-state index contributed by atoms with van der Waals surface area (Å²) >= 11 is 0. The van der Waals surface area contributed by atoms with Gasteiger partial charge in [0.2, 0.25) is 0 Å². The lowest BCUT2D eigenvalue weighted by atomic mass is 9.87. The molecule has 2 atom stereocenters. The molecule has 0 heterocycles. The number of unbranched alkanes of at least 4 members (excludes halogenated alkanes) is 11. The van der Waals surface area contributed by atoms with E-state index in [1.807, 2.05) is 13.8 Å². The van der Waals surface area contributed by atoms with Crippen LogP contribution in [0.25, 0.3) is 0 Å². The van der Waals surface area contributed by atoms with Gasteiger partial charge < -0.3 is 4.74 Å². The highest BCUT2D eigenvalue weighted by Crippen LogP contribution is 2.30. The highest BCUT2D eigenvalue weighted by atomic mass is 16.5. The normalized spacial score (nSPS) is 18.5. The van der Waals surface area contributed by atoms with Gasteiger partial charge in [0.15, 0.2) is 5.78 Å². The summed E-state index contributed by atoms with van der Waals surface area (Å²) in [6.07, 6.45) is 27.2. The van der Waals surface area contributed by atoms with Crippen LogP contribution in [0, 0.1) is 11.8 Å². The Balaban J connectivity index is 2.07. The Morgan fingerprint density at radius 3 is 2.16 bits per heavy atom. The van der Waals surface area contributed by atoms with Crippen molar-refractivity contribution in [3.8, 4) is 0 Å². The number of carbonyl (C=O) groups excluding carboxylic acids is 2. The molecule has 3 heteroatoms. The van der Waals surface area contributed by atoms with E-state index in [0.29, 0.717) is 18.1 Å². The molecule has 0 N–H and O–H groups in total. The first kappa shape index (κ1) is 27.7. The molecule has 0 bridgehead atoms. The van der Waals surface area contributed by atoms with Crippen molar-refractivity contribution in [1.29, 1.82) is 0 Å². The Labute approximate surface area is 192 Å². The number of esters is 1. The first-order valence-corrected chi connectivity index (χ1v) is 13.1. The average Bonchev–Trinajstić information content (AvgIpc) is 3.07. The van der Waals surface area contributed by atoms with Gasteiger partial charge in [0.1, 0.15) is 0 Å². The maximum absolute atomic E-state index is 12.2. The molecule has 0 saturated carbocycles. The Morgan fingerprint density at radius 2 is 1.55 bits per heavy atom. The van der Waals surface area contributed by atoms with Gasteiger partial charge in [0, 0.05) is 12.3 Å². The van der Waals surface area contributed by atoms with Crippen LogP contribution in [0.5, 0.6) is 0 Å². The van der Waals surface area contributed by atoms with E-state index >= 15 is 0 Å². The fourth-order valence-corrected chi connectivity index (χ4v) is 4.37. The van der Waals surface area contributed by atoms with Crippen molar-refractivity contribution in [1.82, 2.24) is 0 Å². The molecule has 1 aliphatic carbocycles. The van der Waals surface area contributed by atoms with E-state index in [-0.39, 0.29) is 18.0 Å². The predicted molar refractivity (Wildman–Crippen MR) is 131 cm³/mol. The van der Waals surface area contributed by atoms with Gasteiger partial charge in [-0.2, -0.15) is 0 Å². The second-order valence-electron chi connectivity index (χ2n) is 9.49. The fraction of sp³-hybridized carbons (Fsp3) is 0.786. The zero-order chi connectivity index (χ0) is 22.7. The van der Waals surface area contributed by atoms with Crippen molar-refractivity contribution in [2.45, 2.75) is 130 Å². The number of ketones is 1. The second-order valence-corrected chi connectivity index (χ2v) is 9.49. The average molecular weight is 433 g/mol. The molecule has 0 spiro atoms. The second kappa shape index (κ2) is 18.2. The maximum Gasteiger partial charge on any atom is 0.306 e. The lowest BCUT2D eigenvalue weighted by Gasteiger charge is -2.16. The molecule has 178 valence electrons. The molecule has 0 aromatic heterocycles. The van der Waals surface area contributed by atoms with Crippen LogP contribution in [0.4, 0.5) is 0 Å². The third kappa shape index (κ3) is 14.3. The zero-order valence-electron chi connectivity index (χ0n) is 20.6. The van der Waals surface area contributed by atoms with Crippen LogP contribution in [-0.2, 0) is 14.3 Å². The van der Waals surface area contributed by atoms with Crippen molar-refractivity contribution in [3.63, 3.8) is 0 Å². The van der Waals surface area contributed by atoms with Gasteiger partial charge in [-0.25, -0.2) is 0 Å². The van der Waals surface area contributed by atoms with Crippen molar-refractivity contribution in [2.24, 2.45) is 11.8 Å². The number of rotatable bonds is 19. The minimum absolute atomic E-state index is 0.0406. The molecule has 31 heavy (non-hydrogen) atoms. The summed E-state index contributed by atoms with van der Waals surface area (Å²) in [7, 11) is 0. The SMILES string of the molecule is CCCCCCCCCCCCC[C@H]1C=CC(=O)[C@@H]1C/C=C\CCCC(=O)OC(C)C. The van der Waals surface area contributed by atoms with Gasteiger partial charge in [-0.3, -0.25) is 9.59 Å². The highest BCUT2D eigenvalue weighted by molar-refractivity contribution is 5.94. The topological polar surface area (TPSA) is 43.4 Å². The van der Waals surface area contributed by atoms with Crippen molar-refractivity contribution in [2.75, 3.05) is 0 Å². The Morgan fingerprint density at radius 1 is 0.935 bits per heavy atom. The van der Waals surface area contributed by atoms with Gasteiger partial charge in [-0.15, -0.1) is 0 Å². The number of hydrogen-bond donors (Lipinski definition) is 0. The molecule has 0 unspecified atom stereocenters. The van der Waals surface area contributed by atoms with Gasteiger partial charge in [-0.05, 0) is 51.5 Å². The summed E-state index contributed by atoms with van der Waals surface area (Å²) in [4.78, 5) is 23.7. The van der Waals surface area contributed by atoms with Gasteiger partial charge in [-0.1, -0.05) is 95.8 Å². The van der Waals surface area contributed by atoms with Crippen LogP contribution in [0.3, 0.4) is 0 Å². The first-order valence-electron chi connectivity index (χ1n) is 13.1. The van der Waals surface area contributed by atoms with Crippen LogP contribution in [0.2, 0.25) is 0 Å². The molecule has 0 radical (unpaired) electrons. The minimum Gasteiger partial charge on any atom is -0.463 e. The monoisotopic (exact) mass is 432 g/mol. The summed E-state index contributed by atoms with van der Waals surface area (Å²) in [5.41, 5.74) is 0. The molecule has 0 saturated heterocycles. The van der Waals surface area contributed by atoms with Crippen molar-refractivity contribution in [3.05, 3.63) is 24.3 Å². The number of hydrogen-bond acceptors (Lipinski definition) is 3. The summed E-state index contributed by atoms with van der Waals surface area (Å²) in [5.74, 6) is 0.714. The lowest BCUT2D eigenvalue weighted by molar-refractivity contribution is -0.147. The lowest BCUT2D eigenvalue weighted by Crippen LogP contribution is -2.15. The smallest absolute Gasteiger partial charge is 0.306 e. The minimum atomic E-state index is -0.120. The van der Waals surface area contributed by atoms with Crippen molar-refractivity contribution < 1.29 is 14.3 Å². The molecule has 1 rings (SSSR count). The molecular weight excluding hydrogens is 384 g/mol. The molecule has 0 aliphatic heterocycles. The van der Waals surface area contributed by atoms with E-state index in [1.165, 1.54) is 70.6 Å². The summed E-state index contributed by atoms with van der Waals surface area (Å²) in [6.45, 7) is 6.02. The van der Waals surface area contributed by atoms with E-state index in [9.17, 15) is 9.59 Å². The van der Waals surface area contributed by atoms with E-state index in [2.05, 4.69) is 25.2 Å². The maximum atomic E-state index is 12.2. The summed E-state index contributed by atoms with van der Waals surface area (Å²) in [5, 5.41) is 0. The molecule has 0 amide bonds. The molecule has 3 nitrogen and oxygen atoms in total. The molecule has 0 aromatic rings. The standard InChI is InChI=1S/C28H48O3/c1-4-5-6-7-8-9-10-11-12-13-16-19-25-22-23-27(29)26(25)20-17-14-15-18-21-28(30)31-24(2)3/h14,17,22-26H,4-13,15-16,18-21H2,1-3H3/b17-14-/t25-,26+/m0/s1. The summed E-state index contributed by atoms with van der Waals surface area (Å²) < 4.78 is 5.14. The molecule has 0 aromatic carbocycles. The van der Waals surface area contributed by atoms with E-state index in [1.54, 1.807) is 6.08 Å².